The van der Waals surface area contributed by atoms with E-state index in [-0.39, 0.29) is 6.61 Å². The molecule has 6 nitrogen and oxygen atoms in total. The Labute approximate surface area is 150 Å². The molecule has 0 saturated heterocycles. The summed E-state index contributed by atoms with van der Waals surface area (Å²) in [5.41, 5.74) is 3.90. The van der Waals surface area contributed by atoms with Crippen molar-refractivity contribution in [3.8, 4) is 0 Å². The number of benzene rings is 2. The van der Waals surface area contributed by atoms with Crippen molar-refractivity contribution >= 4 is 35.4 Å². The second kappa shape index (κ2) is 9.44. The maximum Gasteiger partial charge on any atom is 0.334 e. The molecule has 0 radical (unpaired) electrons. The number of nitrogens with one attached hydrogen (secondary N) is 2. The summed E-state index contributed by atoms with van der Waals surface area (Å²) in [7, 11) is 0. The number of esters is 1. The van der Waals surface area contributed by atoms with Crippen LogP contribution in [-0.4, -0.2) is 30.7 Å². The molecule has 0 spiro atoms. The van der Waals surface area contributed by atoms with Gasteiger partial charge in [0, 0.05) is 10.6 Å². The van der Waals surface area contributed by atoms with Gasteiger partial charge >= 0.3 is 5.97 Å². The summed E-state index contributed by atoms with van der Waals surface area (Å²) < 4.78 is 4.97. The van der Waals surface area contributed by atoms with Gasteiger partial charge in [0.25, 0.3) is 5.91 Å². The van der Waals surface area contributed by atoms with Gasteiger partial charge in [-0.15, -0.1) is 0 Å². The number of amides is 1. The van der Waals surface area contributed by atoms with Crippen LogP contribution >= 0.6 is 11.6 Å². The minimum atomic E-state index is -1.01. The molecule has 0 saturated carbocycles. The smallest absolute Gasteiger partial charge is 0.334 e. The van der Waals surface area contributed by atoms with Crippen molar-refractivity contribution in [3.05, 3.63) is 65.2 Å². The lowest BCUT2D eigenvalue weighted by Gasteiger charge is -2.13. The molecule has 0 aliphatic carbocycles. The molecule has 0 aliphatic rings. The van der Waals surface area contributed by atoms with Crippen LogP contribution in [0.1, 0.15) is 17.3 Å². The average molecular weight is 360 g/mol. The number of carbonyl (C=O) groups excluding carboxylic acids is 2. The van der Waals surface area contributed by atoms with E-state index < -0.39 is 17.9 Å². The third-order valence-corrected chi connectivity index (χ3v) is 3.38. The number of hydrogen-bond donors (Lipinski definition) is 2. The number of halogens is 1. The summed E-state index contributed by atoms with van der Waals surface area (Å²) in [6.07, 6.45) is 1.29. The zero-order chi connectivity index (χ0) is 18.1. The van der Waals surface area contributed by atoms with Gasteiger partial charge < -0.3 is 10.1 Å². The molecule has 0 aromatic heterocycles. The van der Waals surface area contributed by atoms with Crippen LogP contribution < -0.4 is 10.7 Å². The van der Waals surface area contributed by atoms with Gasteiger partial charge in [0.2, 0.25) is 0 Å². The molecule has 2 aromatic rings. The maximum absolute atomic E-state index is 12.2. The SMILES string of the molecule is CCOC(=O)C(/C=N/Nc1ccc(Cl)cc1)NC(=O)c1ccccc1. The Bertz CT molecular complexity index is 733. The summed E-state index contributed by atoms with van der Waals surface area (Å²) in [6, 6.07) is 14.5. The van der Waals surface area contributed by atoms with Crippen LogP contribution in [0.15, 0.2) is 59.7 Å². The van der Waals surface area contributed by atoms with Crippen LogP contribution in [0.2, 0.25) is 5.02 Å². The monoisotopic (exact) mass is 359 g/mol. The summed E-state index contributed by atoms with van der Waals surface area (Å²) >= 11 is 5.81. The van der Waals surface area contributed by atoms with Gasteiger partial charge in [-0.05, 0) is 43.3 Å². The first-order chi connectivity index (χ1) is 12.1. The first-order valence-electron chi connectivity index (χ1n) is 7.67. The lowest BCUT2D eigenvalue weighted by atomic mass is 10.2. The minimum Gasteiger partial charge on any atom is -0.464 e. The summed E-state index contributed by atoms with van der Waals surface area (Å²) in [6.45, 7) is 1.89. The number of anilines is 1. The van der Waals surface area contributed by atoms with E-state index in [1.807, 2.05) is 0 Å². The molecule has 0 heterocycles. The number of ether oxygens (including phenoxy) is 1. The largest absolute Gasteiger partial charge is 0.464 e. The number of hydrogen-bond acceptors (Lipinski definition) is 5. The van der Waals surface area contributed by atoms with E-state index in [1.165, 1.54) is 6.21 Å². The topological polar surface area (TPSA) is 79.8 Å². The van der Waals surface area contributed by atoms with Gasteiger partial charge in [-0.1, -0.05) is 29.8 Å². The fraction of sp³-hybridized carbons (Fsp3) is 0.167. The number of nitrogens with zero attached hydrogens (tertiary/aromatic N) is 1. The van der Waals surface area contributed by atoms with Crippen LogP contribution in [0.5, 0.6) is 0 Å². The van der Waals surface area contributed by atoms with Gasteiger partial charge in [-0.2, -0.15) is 5.10 Å². The Morgan fingerprint density at radius 2 is 1.84 bits per heavy atom. The zero-order valence-corrected chi connectivity index (χ0v) is 14.4. The van der Waals surface area contributed by atoms with Crippen molar-refractivity contribution in [2.45, 2.75) is 13.0 Å². The Morgan fingerprint density at radius 1 is 1.16 bits per heavy atom. The van der Waals surface area contributed by atoms with E-state index in [2.05, 4.69) is 15.8 Å². The molecule has 25 heavy (non-hydrogen) atoms. The Hall–Kier alpha value is -2.86. The van der Waals surface area contributed by atoms with E-state index >= 15 is 0 Å². The predicted molar refractivity (Wildman–Crippen MR) is 97.9 cm³/mol. The number of rotatable bonds is 7. The Morgan fingerprint density at radius 3 is 2.48 bits per heavy atom. The number of carbonyl (C=O) groups is 2. The molecule has 7 heteroatoms. The fourth-order valence-electron chi connectivity index (χ4n) is 1.91. The molecule has 2 N–H and O–H groups in total. The van der Waals surface area contributed by atoms with Gasteiger partial charge in [0.15, 0.2) is 6.04 Å². The van der Waals surface area contributed by atoms with Crippen LogP contribution in [0.3, 0.4) is 0 Å². The van der Waals surface area contributed by atoms with Crippen LogP contribution in [-0.2, 0) is 9.53 Å². The van der Waals surface area contributed by atoms with Crippen molar-refractivity contribution in [3.63, 3.8) is 0 Å². The minimum absolute atomic E-state index is 0.203. The molecule has 1 unspecified atom stereocenters. The van der Waals surface area contributed by atoms with Gasteiger partial charge in [-0.3, -0.25) is 10.2 Å². The van der Waals surface area contributed by atoms with Crippen LogP contribution in [0.4, 0.5) is 5.69 Å². The van der Waals surface area contributed by atoms with E-state index in [9.17, 15) is 9.59 Å². The van der Waals surface area contributed by atoms with E-state index in [0.29, 0.717) is 16.3 Å². The first kappa shape index (κ1) is 18.5. The van der Waals surface area contributed by atoms with Gasteiger partial charge in [0.1, 0.15) is 0 Å². The molecule has 1 amide bonds. The van der Waals surface area contributed by atoms with Gasteiger partial charge in [0.05, 0.1) is 18.5 Å². The molecule has 130 valence electrons. The molecule has 1 atom stereocenters. The van der Waals surface area contributed by atoms with Crippen LogP contribution in [0, 0.1) is 0 Å². The Kier molecular flexibility index (Phi) is 6.98. The molecular weight excluding hydrogens is 342 g/mol. The second-order valence-corrected chi connectivity index (χ2v) is 5.40. The molecule has 0 fully saturated rings. The second-order valence-electron chi connectivity index (χ2n) is 4.97. The molecule has 0 aliphatic heterocycles. The summed E-state index contributed by atoms with van der Waals surface area (Å²) in [4.78, 5) is 24.2. The van der Waals surface area contributed by atoms with Crippen molar-refractivity contribution in [2.24, 2.45) is 5.10 Å². The van der Waals surface area contributed by atoms with E-state index in [0.717, 1.165) is 0 Å². The normalized spacial score (nSPS) is 11.8. The third-order valence-electron chi connectivity index (χ3n) is 3.12. The zero-order valence-electron chi connectivity index (χ0n) is 13.6. The summed E-state index contributed by atoms with van der Waals surface area (Å²) in [5.74, 6) is -0.981. The summed E-state index contributed by atoms with van der Waals surface area (Å²) in [5, 5.41) is 7.18. The first-order valence-corrected chi connectivity index (χ1v) is 8.05. The fourth-order valence-corrected chi connectivity index (χ4v) is 2.04. The predicted octanol–water partition coefficient (Wildman–Crippen LogP) is 3.10. The lowest BCUT2D eigenvalue weighted by molar-refractivity contribution is -0.143. The highest BCUT2D eigenvalue weighted by Crippen LogP contribution is 2.13. The lowest BCUT2D eigenvalue weighted by Crippen LogP contribution is -2.43. The maximum atomic E-state index is 12.2. The Balaban J connectivity index is 2.04. The molecule has 2 rings (SSSR count). The molecular formula is C18H18ClN3O3. The van der Waals surface area contributed by atoms with E-state index in [1.54, 1.807) is 61.5 Å². The quantitative estimate of drug-likeness (QED) is 0.452. The van der Waals surface area contributed by atoms with Crippen molar-refractivity contribution in [1.82, 2.24) is 5.32 Å². The number of hydrazone groups is 1. The van der Waals surface area contributed by atoms with Gasteiger partial charge in [-0.25, -0.2) is 4.79 Å². The van der Waals surface area contributed by atoms with Crippen molar-refractivity contribution < 1.29 is 14.3 Å². The average Bonchev–Trinajstić information content (AvgIpc) is 2.63. The highest BCUT2D eigenvalue weighted by Gasteiger charge is 2.20. The molecule has 2 aromatic carbocycles. The van der Waals surface area contributed by atoms with Crippen molar-refractivity contribution in [1.29, 1.82) is 0 Å². The standard InChI is InChI=1S/C18H18ClN3O3/c1-2-25-18(24)16(21-17(23)13-6-4-3-5-7-13)12-20-22-15-10-8-14(19)9-11-15/h3-12,16,22H,2H2,1H3,(H,21,23)/b20-12+. The highest BCUT2D eigenvalue weighted by atomic mass is 35.5. The van der Waals surface area contributed by atoms with Crippen LogP contribution in [0.25, 0.3) is 0 Å². The molecule has 0 bridgehead atoms. The van der Waals surface area contributed by atoms with E-state index in [4.69, 9.17) is 16.3 Å². The third kappa shape index (κ3) is 5.93. The highest BCUT2D eigenvalue weighted by molar-refractivity contribution is 6.30. The van der Waals surface area contributed by atoms with Crippen molar-refractivity contribution in [2.75, 3.05) is 12.0 Å².